The average molecular weight is 430 g/mol. The van der Waals surface area contributed by atoms with Gasteiger partial charge in [0.2, 0.25) is 0 Å². The molecular weight excluding hydrogens is 402 g/mol. The topological polar surface area (TPSA) is 95.1 Å². The SMILES string of the molecule is Cc1ccc(NC(=O)Nc2cncc(-c3ccc(N4CCC5(CCN5)C4)c(C)c3)n2)cn1. The Morgan fingerprint density at radius 1 is 1.09 bits per heavy atom. The molecule has 32 heavy (non-hydrogen) atoms. The Morgan fingerprint density at radius 3 is 2.66 bits per heavy atom. The third kappa shape index (κ3) is 4.13. The number of pyridine rings is 1. The molecule has 0 bridgehead atoms. The molecule has 1 spiro atoms. The first-order valence-electron chi connectivity index (χ1n) is 10.9. The van der Waals surface area contributed by atoms with E-state index < -0.39 is 0 Å². The summed E-state index contributed by atoms with van der Waals surface area (Å²) < 4.78 is 0. The second-order valence-corrected chi connectivity index (χ2v) is 8.69. The van der Waals surface area contributed by atoms with Crippen LogP contribution in [0.3, 0.4) is 0 Å². The van der Waals surface area contributed by atoms with Crippen molar-refractivity contribution >= 4 is 23.2 Å². The lowest BCUT2D eigenvalue weighted by Crippen LogP contribution is -2.58. The first-order chi connectivity index (χ1) is 15.5. The van der Waals surface area contributed by atoms with Crippen molar-refractivity contribution in [2.24, 2.45) is 0 Å². The summed E-state index contributed by atoms with van der Waals surface area (Å²) in [6, 6.07) is 9.64. The number of benzene rings is 1. The molecule has 2 aliphatic rings. The van der Waals surface area contributed by atoms with Gasteiger partial charge in [0.05, 0.1) is 30.0 Å². The molecule has 164 valence electrons. The third-order valence-corrected chi connectivity index (χ3v) is 6.34. The maximum atomic E-state index is 12.3. The smallest absolute Gasteiger partial charge is 0.324 e. The van der Waals surface area contributed by atoms with Gasteiger partial charge in [0.25, 0.3) is 0 Å². The summed E-state index contributed by atoms with van der Waals surface area (Å²) in [6.07, 6.45) is 7.33. The van der Waals surface area contributed by atoms with E-state index in [1.54, 1.807) is 18.5 Å². The molecular formula is C24H27N7O. The number of urea groups is 1. The van der Waals surface area contributed by atoms with Gasteiger partial charge < -0.3 is 15.5 Å². The van der Waals surface area contributed by atoms with Gasteiger partial charge >= 0.3 is 6.03 Å². The standard InChI is InChI=1S/C24H27N7O/c1-16-11-18(4-6-21(16)31-10-8-24(15-31)7-9-27-24)20-13-25-14-22(29-20)30-23(32)28-19-5-3-17(2)26-12-19/h3-6,11-14,27H,7-10,15H2,1-2H3,(H2,28,29,30,32). The molecule has 2 aromatic heterocycles. The first kappa shape index (κ1) is 20.4. The van der Waals surface area contributed by atoms with Crippen LogP contribution in [-0.2, 0) is 0 Å². The van der Waals surface area contributed by atoms with Crippen LogP contribution >= 0.6 is 0 Å². The van der Waals surface area contributed by atoms with Crippen LogP contribution < -0.4 is 20.9 Å². The Morgan fingerprint density at radius 2 is 1.97 bits per heavy atom. The van der Waals surface area contributed by atoms with E-state index in [1.807, 2.05) is 13.0 Å². The van der Waals surface area contributed by atoms with Gasteiger partial charge in [-0.1, -0.05) is 6.07 Å². The largest absolute Gasteiger partial charge is 0.369 e. The number of amides is 2. The van der Waals surface area contributed by atoms with Crippen LogP contribution in [0.15, 0.2) is 48.9 Å². The van der Waals surface area contributed by atoms with Crippen LogP contribution in [0.5, 0.6) is 0 Å². The van der Waals surface area contributed by atoms with Crippen LogP contribution in [0.25, 0.3) is 11.3 Å². The predicted molar refractivity (Wildman–Crippen MR) is 126 cm³/mol. The van der Waals surface area contributed by atoms with Gasteiger partial charge in [0.1, 0.15) is 0 Å². The third-order valence-electron chi connectivity index (χ3n) is 6.34. The van der Waals surface area contributed by atoms with Gasteiger partial charge in [0, 0.05) is 35.6 Å². The van der Waals surface area contributed by atoms with Crippen molar-refractivity contribution in [2.75, 3.05) is 35.2 Å². The monoisotopic (exact) mass is 429 g/mol. The lowest BCUT2D eigenvalue weighted by molar-refractivity contribution is 0.235. The summed E-state index contributed by atoms with van der Waals surface area (Å²) in [5, 5.41) is 9.10. The predicted octanol–water partition coefficient (Wildman–Crippen LogP) is 3.74. The fraction of sp³-hybridized carbons (Fsp3) is 0.333. The average Bonchev–Trinajstić information content (AvgIpc) is 3.22. The van der Waals surface area contributed by atoms with E-state index in [2.05, 4.69) is 60.9 Å². The van der Waals surface area contributed by atoms with Gasteiger partial charge in [-0.25, -0.2) is 9.78 Å². The van der Waals surface area contributed by atoms with Crippen molar-refractivity contribution in [3.8, 4) is 11.3 Å². The highest BCUT2D eigenvalue weighted by atomic mass is 16.2. The Bertz CT molecular complexity index is 1140. The fourth-order valence-electron chi connectivity index (χ4n) is 4.46. The molecule has 3 aromatic rings. The van der Waals surface area contributed by atoms with Crippen molar-refractivity contribution < 1.29 is 4.79 Å². The molecule has 4 heterocycles. The summed E-state index contributed by atoms with van der Waals surface area (Å²) >= 11 is 0. The van der Waals surface area contributed by atoms with E-state index in [4.69, 9.17) is 0 Å². The van der Waals surface area contributed by atoms with E-state index in [-0.39, 0.29) is 6.03 Å². The molecule has 8 heteroatoms. The Labute approximate surface area is 187 Å². The van der Waals surface area contributed by atoms with Gasteiger partial charge in [-0.05, 0) is 63.1 Å². The van der Waals surface area contributed by atoms with Crippen molar-refractivity contribution in [3.05, 3.63) is 60.2 Å². The van der Waals surface area contributed by atoms with Crippen LogP contribution in [0.1, 0.15) is 24.1 Å². The zero-order chi connectivity index (χ0) is 22.1. The minimum absolute atomic E-state index is 0.325. The number of aryl methyl sites for hydroxylation is 2. The van der Waals surface area contributed by atoms with Crippen molar-refractivity contribution in [1.29, 1.82) is 0 Å². The molecule has 8 nitrogen and oxygen atoms in total. The maximum Gasteiger partial charge on any atom is 0.324 e. The number of aromatic nitrogens is 3. The van der Waals surface area contributed by atoms with Crippen LogP contribution in [0, 0.1) is 13.8 Å². The lowest BCUT2D eigenvalue weighted by atomic mass is 9.87. The molecule has 0 saturated carbocycles. The molecule has 1 aromatic carbocycles. The number of anilines is 3. The van der Waals surface area contributed by atoms with E-state index in [0.717, 1.165) is 30.9 Å². The van der Waals surface area contributed by atoms with Gasteiger partial charge in [-0.15, -0.1) is 0 Å². The van der Waals surface area contributed by atoms with Crippen LogP contribution in [-0.4, -0.2) is 46.2 Å². The van der Waals surface area contributed by atoms with Gasteiger partial charge in [-0.3, -0.25) is 15.3 Å². The molecule has 3 N–H and O–H groups in total. The molecule has 5 rings (SSSR count). The number of hydrogen-bond acceptors (Lipinski definition) is 6. The molecule has 1 atom stereocenters. The van der Waals surface area contributed by atoms with Crippen LogP contribution in [0.2, 0.25) is 0 Å². The van der Waals surface area contributed by atoms with Crippen LogP contribution in [0.4, 0.5) is 22.0 Å². The molecule has 1 unspecified atom stereocenters. The summed E-state index contributed by atoms with van der Waals surface area (Å²) in [5.41, 5.74) is 6.00. The normalized spacial score (nSPS) is 19.6. The molecule has 0 aliphatic carbocycles. The summed E-state index contributed by atoms with van der Waals surface area (Å²) in [5.74, 6) is 0.388. The number of nitrogens with one attached hydrogen (secondary N) is 3. The highest BCUT2D eigenvalue weighted by Gasteiger charge is 2.42. The molecule has 2 amide bonds. The second-order valence-electron chi connectivity index (χ2n) is 8.69. The molecule has 0 radical (unpaired) electrons. The quantitative estimate of drug-likeness (QED) is 0.585. The fourth-order valence-corrected chi connectivity index (χ4v) is 4.46. The van der Waals surface area contributed by atoms with E-state index in [1.165, 1.54) is 30.3 Å². The van der Waals surface area contributed by atoms with Crippen molar-refractivity contribution in [1.82, 2.24) is 20.3 Å². The molecule has 2 aliphatic heterocycles. The van der Waals surface area contributed by atoms with Crippen molar-refractivity contribution in [2.45, 2.75) is 32.2 Å². The van der Waals surface area contributed by atoms with E-state index in [9.17, 15) is 4.79 Å². The highest BCUT2D eigenvalue weighted by molar-refractivity contribution is 5.99. The second kappa shape index (κ2) is 8.20. The number of carbonyl (C=O) groups is 1. The summed E-state index contributed by atoms with van der Waals surface area (Å²) in [7, 11) is 0. The Balaban J connectivity index is 1.28. The Hall–Kier alpha value is -3.52. The van der Waals surface area contributed by atoms with Gasteiger partial charge in [-0.2, -0.15) is 0 Å². The number of rotatable bonds is 4. The maximum absolute atomic E-state index is 12.3. The molecule has 2 fully saturated rings. The molecule has 2 saturated heterocycles. The van der Waals surface area contributed by atoms with Gasteiger partial charge in [0.15, 0.2) is 5.82 Å². The first-order valence-corrected chi connectivity index (χ1v) is 10.9. The lowest BCUT2D eigenvalue weighted by Gasteiger charge is -2.40. The summed E-state index contributed by atoms with van der Waals surface area (Å²) in [4.78, 5) is 27.8. The summed E-state index contributed by atoms with van der Waals surface area (Å²) in [6.45, 7) is 7.31. The van der Waals surface area contributed by atoms with Crippen molar-refractivity contribution in [3.63, 3.8) is 0 Å². The van der Waals surface area contributed by atoms with E-state index >= 15 is 0 Å². The number of carbonyl (C=O) groups excluding carboxylic acids is 1. The highest BCUT2D eigenvalue weighted by Crippen LogP contribution is 2.35. The minimum Gasteiger partial charge on any atom is -0.369 e. The zero-order valence-electron chi connectivity index (χ0n) is 18.4. The number of nitrogens with zero attached hydrogens (tertiary/aromatic N) is 4. The van der Waals surface area contributed by atoms with E-state index in [0.29, 0.717) is 22.7 Å². The Kier molecular flexibility index (Phi) is 5.22. The number of hydrogen-bond donors (Lipinski definition) is 3. The zero-order valence-corrected chi connectivity index (χ0v) is 18.4. The minimum atomic E-state index is -0.388.